The summed E-state index contributed by atoms with van der Waals surface area (Å²) in [6.07, 6.45) is 1.65. The number of carbonyl (C=O) groups excluding carboxylic acids is 1. The van der Waals surface area contributed by atoms with Crippen LogP contribution in [0.1, 0.15) is 12.8 Å². The molecule has 2 N–H and O–H groups in total. The lowest BCUT2D eigenvalue weighted by Gasteiger charge is -2.33. The highest BCUT2D eigenvalue weighted by atomic mass is 16.5. The number of para-hydroxylation sites is 2. The van der Waals surface area contributed by atoms with Gasteiger partial charge in [-0.3, -0.25) is 4.79 Å². The third-order valence-corrected chi connectivity index (χ3v) is 3.32. The number of primary amides is 1. The molecule has 1 aliphatic heterocycles. The lowest BCUT2D eigenvalue weighted by Crippen LogP contribution is -2.38. The first kappa shape index (κ1) is 11.8. The Morgan fingerprint density at radius 2 is 2.00 bits per heavy atom. The van der Waals surface area contributed by atoms with Crippen LogP contribution in [0, 0.1) is 5.92 Å². The van der Waals surface area contributed by atoms with Crippen molar-refractivity contribution in [3.63, 3.8) is 0 Å². The molecule has 0 saturated carbocycles. The molecular weight excluding hydrogens is 216 g/mol. The number of benzene rings is 1. The molecule has 2 rings (SSSR count). The van der Waals surface area contributed by atoms with E-state index in [1.165, 1.54) is 0 Å². The zero-order valence-electron chi connectivity index (χ0n) is 10.1. The number of amides is 1. The van der Waals surface area contributed by atoms with Gasteiger partial charge in [-0.2, -0.15) is 0 Å². The summed E-state index contributed by atoms with van der Waals surface area (Å²) in [7, 11) is 1.68. The van der Waals surface area contributed by atoms with Crippen molar-refractivity contribution in [2.45, 2.75) is 12.8 Å². The maximum Gasteiger partial charge on any atom is 0.220 e. The summed E-state index contributed by atoms with van der Waals surface area (Å²) >= 11 is 0. The van der Waals surface area contributed by atoms with Crippen LogP contribution >= 0.6 is 0 Å². The quantitative estimate of drug-likeness (QED) is 0.860. The largest absolute Gasteiger partial charge is 0.495 e. The highest BCUT2D eigenvalue weighted by Crippen LogP contribution is 2.30. The first-order valence-corrected chi connectivity index (χ1v) is 5.89. The first-order chi connectivity index (χ1) is 8.22. The minimum absolute atomic E-state index is 0.0287. The Kier molecular flexibility index (Phi) is 3.52. The highest BCUT2D eigenvalue weighted by Gasteiger charge is 2.24. The van der Waals surface area contributed by atoms with Crippen LogP contribution in [0.4, 0.5) is 5.69 Å². The van der Waals surface area contributed by atoms with Crippen LogP contribution in [0.15, 0.2) is 24.3 Å². The van der Waals surface area contributed by atoms with Crippen molar-refractivity contribution in [2.75, 3.05) is 25.1 Å². The second kappa shape index (κ2) is 5.08. The van der Waals surface area contributed by atoms with E-state index < -0.39 is 0 Å². The lowest BCUT2D eigenvalue weighted by atomic mass is 9.96. The number of hydrogen-bond donors (Lipinski definition) is 1. The molecule has 92 valence electrons. The van der Waals surface area contributed by atoms with Gasteiger partial charge in [-0.15, -0.1) is 0 Å². The molecule has 0 aromatic heterocycles. The molecule has 1 saturated heterocycles. The second-order valence-electron chi connectivity index (χ2n) is 4.34. The predicted molar refractivity (Wildman–Crippen MR) is 67.1 cm³/mol. The summed E-state index contributed by atoms with van der Waals surface area (Å²) in [5.41, 5.74) is 6.42. The fourth-order valence-corrected chi connectivity index (χ4v) is 2.30. The molecule has 17 heavy (non-hydrogen) atoms. The van der Waals surface area contributed by atoms with Crippen molar-refractivity contribution in [3.8, 4) is 5.75 Å². The number of hydrogen-bond acceptors (Lipinski definition) is 3. The Balaban J connectivity index is 2.07. The zero-order chi connectivity index (χ0) is 12.3. The summed E-state index contributed by atoms with van der Waals surface area (Å²) in [6.45, 7) is 1.71. The first-order valence-electron chi connectivity index (χ1n) is 5.89. The molecule has 0 radical (unpaired) electrons. The van der Waals surface area contributed by atoms with Crippen molar-refractivity contribution in [1.29, 1.82) is 0 Å². The maximum absolute atomic E-state index is 11.1. The van der Waals surface area contributed by atoms with Crippen LogP contribution < -0.4 is 15.4 Å². The average Bonchev–Trinajstić information content (AvgIpc) is 2.39. The van der Waals surface area contributed by atoms with Crippen LogP contribution in [0.3, 0.4) is 0 Å². The van der Waals surface area contributed by atoms with E-state index in [0.717, 1.165) is 37.4 Å². The summed E-state index contributed by atoms with van der Waals surface area (Å²) < 4.78 is 5.34. The Bertz CT molecular complexity index is 398. The van der Waals surface area contributed by atoms with E-state index in [2.05, 4.69) is 4.90 Å². The van der Waals surface area contributed by atoms with Gasteiger partial charge in [0.25, 0.3) is 0 Å². The third kappa shape index (κ3) is 2.52. The summed E-state index contributed by atoms with van der Waals surface area (Å²) in [5.74, 6) is 0.732. The minimum atomic E-state index is -0.176. The van der Waals surface area contributed by atoms with E-state index in [1.807, 2.05) is 24.3 Å². The van der Waals surface area contributed by atoms with Crippen LogP contribution in [0.25, 0.3) is 0 Å². The van der Waals surface area contributed by atoms with Gasteiger partial charge in [0.1, 0.15) is 5.75 Å². The zero-order valence-corrected chi connectivity index (χ0v) is 10.1. The van der Waals surface area contributed by atoms with Gasteiger partial charge in [0.2, 0.25) is 5.91 Å². The van der Waals surface area contributed by atoms with Crippen LogP contribution in [-0.4, -0.2) is 26.1 Å². The molecule has 4 nitrogen and oxygen atoms in total. The fourth-order valence-electron chi connectivity index (χ4n) is 2.30. The van der Waals surface area contributed by atoms with Gasteiger partial charge in [-0.1, -0.05) is 12.1 Å². The SMILES string of the molecule is COc1ccccc1N1CCC(C(N)=O)CC1. The fraction of sp³-hybridized carbons (Fsp3) is 0.462. The van der Waals surface area contributed by atoms with Crippen molar-refractivity contribution >= 4 is 11.6 Å². The van der Waals surface area contributed by atoms with Crippen LogP contribution in [0.2, 0.25) is 0 Å². The molecular formula is C13H18N2O2. The molecule has 1 aromatic carbocycles. The number of carbonyl (C=O) groups is 1. The number of methoxy groups -OCH3 is 1. The van der Waals surface area contributed by atoms with E-state index in [0.29, 0.717) is 0 Å². The second-order valence-corrected chi connectivity index (χ2v) is 4.34. The smallest absolute Gasteiger partial charge is 0.220 e. The summed E-state index contributed by atoms with van der Waals surface area (Å²) in [6, 6.07) is 7.95. The highest BCUT2D eigenvalue weighted by molar-refractivity contribution is 5.77. The molecule has 1 amide bonds. The number of nitrogens with zero attached hydrogens (tertiary/aromatic N) is 1. The number of anilines is 1. The Labute approximate surface area is 101 Å². The van der Waals surface area contributed by atoms with E-state index in [4.69, 9.17) is 10.5 Å². The normalized spacial score (nSPS) is 16.9. The lowest BCUT2D eigenvalue weighted by molar-refractivity contribution is -0.122. The van der Waals surface area contributed by atoms with Gasteiger partial charge in [0, 0.05) is 19.0 Å². The molecule has 0 unspecified atom stereocenters. The van der Waals surface area contributed by atoms with Crippen molar-refractivity contribution < 1.29 is 9.53 Å². The van der Waals surface area contributed by atoms with E-state index in [1.54, 1.807) is 7.11 Å². The van der Waals surface area contributed by atoms with E-state index in [-0.39, 0.29) is 11.8 Å². The predicted octanol–water partition coefficient (Wildman–Crippen LogP) is 1.40. The van der Waals surface area contributed by atoms with Gasteiger partial charge in [-0.05, 0) is 25.0 Å². The number of ether oxygens (including phenoxy) is 1. The molecule has 1 aromatic rings. The summed E-state index contributed by atoms with van der Waals surface area (Å²) in [5, 5.41) is 0. The molecule has 0 spiro atoms. The summed E-state index contributed by atoms with van der Waals surface area (Å²) in [4.78, 5) is 13.3. The van der Waals surface area contributed by atoms with Gasteiger partial charge < -0.3 is 15.4 Å². The third-order valence-electron chi connectivity index (χ3n) is 3.32. The van der Waals surface area contributed by atoms with Gasteiger partial charge >= 0.3 is 0 Å². The number of nitrogens with two attached hydrogens (primary N) is 1. The van der Waals surface area contributed by atoms with Gasteiger partial charge in [0.15, 0.2) is 0 Å². The van der Waals surface area contributed by atoms with Gasteiger partial charge in [0.05, 0.1) is 12.8 Å². The van der Waals surface area contributed by atoms with Crippen molar-refractivity contribution in [1.82, 2.24) is 0 Å². The monoisotopic (exact) mass is 234 g/mol. The number of rotatable bonds is 3. The Morgan fingerprint density at radius 3 is 2.59 bits per heavy atom. The molecule has 1 heterocycles. The molecule has 1 fully saturated rings. The maximum atomic E-state index is 11.1. The van der Waals surface area contributed by atoms with E-state index in [9.17, 15) is 4.79 Å². The molecule has 0 bridgehead atoms. The molecule has 4 heteroatoms. The van der Waals surface area contributed by atoms with Crippen LogP contribution in [-0.2, 0) is 4.79 Å². The molecule has 0 aliphatic carbocycles. The average molecular weight is 234 g/mol. The Morgan fingerprint density at radius 1 is 1.35 bits per heavy atom. The minimum Gasteiger partial charge on any atom is -0.495 e. The number of piperidine rings is 1. The molecule has 1 aliphatic rings. The topological polar surface area (TPSA) is 55.6 Å². The van der Waals surface area contributed by atoms with E-state index >= 15 is 0 Å². The Hall–Kier alpha value is -1.71. The van der Waals surface area contributed by atoms with Crippen molar-refractivity contribution in [2.24, 2.45) is 11.7 Å². The van der Waals surface area contributed by atoms with Crippen LogP contribution in [0.5, 0.6) is 5.75 Å². The standard InChI is InChI=1S/C13H18N2O2/c1-17-12-5-3-2-4-11(12)15-8-6-10(7-9-15)13(14)16/h2-5,10H,6-9H2,1H3,(H2,14,16). The van der Waals surface area contributed by atoms with Crippen molar-refractivity contribution in [3.05, 3.63) is 24.3 Å². The molecule has 0 atom stereocenters. The van der Waals surface area contributed by atoms with Gasteiger partial charge in [-0.25, -0.2) is 0 Å².